The van der Waals surface area contributed by atoms with Crippen molar-refractivity contribution in [2.75, 3.05) is 26.8 Å². The second-order valence-electron chi connectivity index (χ2n) is 6.43. The number of carbonyl (C=O) groups excluding carboxylic acids is 1. The Hall–Kier alpha value is -2.45. The number of benzene rings is 1. The zero-order chi connectivity index (χ0) is 19.2. The van der Waals surface area contributed by atoms with Gasteiger partial charge in [-0.25, -0.2) is 0 Å². The van der Waals surface area contributed by atoms with E-state index in [2.05, 4.69) is 10.1 Å². The minimum Gasteiger partial charge on any atom is -0.496 e. The third-order valence-corrected chi connectivity index (χ3v) is 4.57. The van der Waals surface area contributed by atoms with Gasteiger partial charge in [0.2, 0.25) is 17.6 Å². The topological polar surface area (TPSA) is 97.9 Å². The first kappa shape index (κ1) is 19.3. The van der Waals surface area contributed by atoms with Crippen LogP contribution in [-0.2, 0) is 16.0 Å². The van der Waals surface area contributed by atoms with Crippen LogP contribution in [0.3, 0.4) is 0 Å². The molecule has 0 saturated carbocycles. The molecule has 0 bridgehead atoms. The Morgan fingerprint density at radius 3 is 2.96 bits per heavy atom. The number of carbonyl (C=O) groups is 1. The van der Waals surface area contributed by atoms with Crippen LogP contribution in [0.15, 0.2) is 28.8 Å². The Labute approximate surface area is 158 Å². The van der Waals surface area contributed by atoms with E-state index in [9.17, 15) is 9.90 Å². The van der Waals surface area contributed by atoms with Crippen molar-refractivity contribution in [3.63, 3.8) is 0 Å². The fourth-order valence-electron chi connectivity index (χ4n) is 3.18. The van der Waals surface area contributed by atoms with E-state index in [0.717, 1.165) is 5.56 Å². The van der Waals surface area contributed by atoms with E-state index in [-0.39, 0.29) is 12.0 Å². The number of hydrogen-bond acceptors (Lipinski definition) is 7. The zero-order valence-corrected chi connectivity index (χ0v) is 15.6. The molecule has 27 heavy (non-hydrogen) atoms. The number of nitrogens with zero attached hydrogens (tertiary/aromatic N) is 3. The fraction of sp³-hybridized carbons (Fsp3) is 0.526. The van der Waals surface area contributed by atoms with Gasteiger partial charge in [0.25, 0.3) is 0 Å². The van der Waals surface area contributed by atoms with E-state index in [0.29, 0.717) is 56.4 Å². The predicted molar refractivity (Wildman–Crippen MR) is 97.2 cm³/mol. The highest BCUT2D eigenvalue weighted by molar-refractivity contribution is 5.76. The highest BCUT2D eigenvalue weighted by Gasteiger charge is 2.34. The first-order chi connectivity index (χ1) is 13.1. The average Bonchev–Trinajstić information content (AvgIpc) is 3.29. The summed E-state index contributed by atoms with van der Waals surface area (Å²) in [5.74, 6) is 1.63. The maximum Gasteiger partial charge on any atom is 0.226 e. The molecule has 146 valence electrons. The number of rotatable bonds is 8. The summed E-state index contributed by atoms with van der Waals surface area (Å²) >= 11 is 0. The van der Waals surface area contributed by atoms with Gasteiger partial charge in [0.05, 0.1) is 18.8 Å². The Bertz CT molecular complexity index is 763. The molecular weight excluding hydrogens is 350 g/mol. The quantitative estimate of drug-likeness (QED) is 0.749. The van der Waals surface area contributed by atoms with E-state index < -0.39 is 6.10 Å². The van der Waals surface area contributed by atoms with Crippen LogP contribution in [-0.4, -0.2) is 65.1 Å². The highest BCUT2D eigenvalue weighted by atomic mass is 16.5. The molecule has 1 aliphatic rings. The summed E-state index contributed by atoms with van der Waals surface area (Å²) in [4.78, 5) is 18.4. The Morgan fingerprint density at radius 2 is 2.19 bits per heavy atom. The molecule has 1 aromatic heterocycles. The monoisotopic (exact) mass is 375 g/mol. The van der Waals surface area contributed by atoms with Gasteiger partial charge in [0.1, 0.15) is 11.9 Å². The van der Waals surface area contributed by atoms with E-state index in [1.165, 1.54) is 0 Å². The van der Waals surface area contributed by atoms with Crippen LogP contribution in [0.25, 0.3) is 11.4 Å². The van der Waals surface area contributed by atoms with E-state index in [1.807, 2.05) is 31.2 Å². The van der Waals surface area contributed by atoms with Gasteiger partial charge < -0.3 is 24.0 Å². The number of ether oxygens (including phenoxy) is 2. The van der Waals surface area contributed by atoms with Crippen molar-refractivity contribution in [1.82, 2.24) is 15.0 Å². The molecule has 1 aromatic carbocycles. The smallest absolute Gasteiger partial charge is 0.226 e. The van der Waals surface area contributed by atoms with Gasteiger partial charge in [0.15, 0.2) is 0 Å². The SMILES string of the molecule is CCO[C@@H]1CN(C(=O)CCCc2nc(-c3ccccc3OC)no2)C[C@H]1O. The molecule has 1 amide bonds. The number of aliphatic hydroxyl groups excluding tert-OH is 1. The maximum atomic E-state index is 12.3. The summed E-state index contributed by atoms with van der Waals surface area (Å²) in [6.45, 7) is 3.16. The molecule has 8 heteroatoms. The van der Waals surface area contributed by atoms with Crippen LogP contribution in [0, 0.1) is 0 Å². The van der Waals surface area contributed by atoms with Gasteiger partial charge in [-0.05, 0) is 25.5 Å². The van der Waals surface area contributed by atoms with E-state index in [4.69, 9.17) is 14.0 Å². The predicted octanol–water partition coefficient (Wildman–Crippen LogP) is 1.68. The molecule has 1 N–H and O–H groups in total. The first-order valence-electron chi connectivity index (χ1n) is 9.15. The number of para-hydroxylation sites is 1. The van der Waals surface area contributed by atoms with Gasteiger partial charge in [-0.3, -0.25) is 4.79 Å². The first-order valence-corrected chi connectivity index (χ1v) is 9.15. The van der Waals surface area contributed by atoms with Crippen LogP contribution in [0.5, 0.6) is 5.75 Å². The minimum atomic E-state index is -0.617. The van der Waals surface area contributed by atoms with Gasteiger partial charge >= 0.3 is 0 Å². The molecule has 1 aliphatic heterocycles. The summed E-state index contributed by atoms with van der Waals surface area (Å²) in [6, 6.07) is 7.46. The van der Waals surface area contributed by atoms with Gasteiger partial charge in [0, 0.05) is 32.5 Å². The molecule has 2 atom stereocenters. The Morgan fingerprint density at radius 1 is 1.37 bits per heavy atom. The van der Waals surface area contributed by atoms with Crippen LogP contribution in [0.1, 0.15) is 25.7 Å². The summed E-state index contributed by atoms with van der Waals surface area (Å²) in [5, 5.41) is 13.9. The minimum absolute atomic E-state index is 0.000667. The van der Waals surface area contributed by atoms with Crippen LogP contribution in [0.2, 0.25) is 0 Å². The number of β-amino-alcohol motifs (C(OH)–C–C–N with tert-alkyl or cyclic N) is 1. The Balaban J connectivity index is 1.50. The third kappa shape index (κ3) is 4.64. The Kier molecular flexibility index (Phi) is 6.41. The molecule has 3 rings (SSSR count). The van der Waals surface area contributed by atoms with Crippen LogP contribution >= 0.6 is 0 Å². The molecule has 1 fully saturated rings. The lowest BCUT2D eigenvalue weighted by Crippen LogP contribution is -2.30. The standard InChI is InChI=1S/C19H25N3O5/c1-3-26-16-12-22(11-14(16)23)18(24)10-6-9-17-20-19(21-27-17)13-7-4-5-8-15(13)25-2/h4-5,7-8,14,16,23H,3,6,9-12H2,1-2H3/t14-,16-/m1/s1. The molecule has 2 heterocycles. The average molecular weight is 375 g/mol. The summed E-state index contributed by atoms with van der Waals surface area (Å²) in [5.41, 5.74) is 0.763. The van der Waals surface area contributed by atoms with Crippen molar-refractivity contribution in [3.05, 3.63) is 30.2 Å². The zero-order valence-electron chi connectivity index (χ0n) is 15.6. The molecular formula is C19H25N3O5. The van der Waals surface area contributed by atoms with E-state index >= 15 is 0 Å². The molecule has 0 aliphatic carbocycles. The number of methoxy groups -OCH3 is 1. The fourth-order valence-corrected chi connectivity index (χ4v) is 3.18. The summed E-state index contributed by atoms with van der Waals surface area (Å²) < 4.78 is 16.0. The number of aryl methyl sites for hydroxylation is 1. The molecule has 0 unspecified atom stereocenters. The summed E-state index contributed by atoms with van der Waals surface area (Å²) in [6.07, 6.45) is 0.557. The van der Waals surface area contributed by atoms with Gasteiger partial charge in [-0.2, -0.15) is 4.98 Å². The second kappa shape index (κ2) is 8.96. The van der Waals surface area contributed by atoms with Crippen molar-refractivity contribution >= 4 is 5.91 Å². The van der Waals surface area contributed by atoms with E-state index in [1.54, 1.807) is 12.0 Å². The van der Waals surface area contributed by atoms with Crippen molar-refractivity contribution < 1.29 is 23.9 Å². The molecule has 8 nitrogen and oxygen atoms in total. The maximum absolute atomic E-state index is 12.3. The lowest BCUT2D eigenvalue weighted by Gasteiger charge is -2.15. The highest BCUT2D eigenvalue weighted by Crippen LogP contribution is 2.27. The van der Waals surface area contributed by atoms with Gasteiger partial charge in [-0.15, -0.1) is 0 Å². The molecule has 0 radical (unpaired) electrons. The number of aliphatic hydroxyl groups is 1. The van der Waals surface area contributed by atoms with Crippen LogP contribution in [0.4, 0.5) is 0 Å². The third-order valence-electron chi connectivity index (χ3n) is 4.57. The number of likely N-dealkylation sites (tertiary alicyclic amines) is 1. The van der Waals surface area contributed by atoms with Crippen molar-refractivity contribution in [3.8, 4) is 17.1 Å². The lowest BCUT2D eigenvalue weighted by molar-refractivity contribution is -0.130. The molecule has 2 aromatic rings. The molecule has 1 saturated heterocycles. The largest absolute Gasteiger partial charge is 0.496 e. The lowest BCUT2D eigenvalue weighted by atomic mass is 10.2. The van der Waals surface area contributed by atoms with Crippen LogP contribution < -0.4 is 4.74 Å². The summed E-state index contributed by atoms with van der Waals surface area (Å²) in [7, 11) is 1.59. The van der Waals surface area contributed by atoms with Crippen molar-refractivity contribution in [2.45, 2.75) is 38.4 Å². The number of hydrogen-bond donors (Lipinski definition) is 1. The molecule has 0 spiro atoms. The van der Waals surface area contributed by atoms with Gasteiger partial charge in [-0.1, -0.05) is 17.3 Å². The van der Waals surface area contributed by atoms with Crippen molar-refractivity contribution in [1.29, 1.82) is 0 Å². The van der Waals surface area contributed by atoms with Crippen molar-refractivity contribution in [2.24, 2.45) is 0 Å². The number of amides is 1. The second-order valence-corrected chi connectivity index (χ2v) is 6.43. The normalized spacial score (nSPS) is 19.4. The number of aromatic nitrogens is 2.